The molecule has 1 amide bonds. The molecule has 0 aromatic rings. The molecule has 1 heterocycles. The third-order valence-electron chi connectivity index (χ3n) is 2.86. The zero-order valence-corrected chi connectivity index (χ0v) is 7.92. The molecule has 1 aliphatic rings. The van der Waals surface area contributed by atoms with Gasteiger partial charge in [-0.3, -0.25) is 4.79 Å². The lowest BCUT2D eigenvalue weighted by atomic mass is 9.89. The Morgan fingerprint density at radius 2 is 2.17 bits per heavy atom. The van der Waals surface area contributed by atoms with Crippen LogP contribution in [0.2, 0.25) is 0 Å². The predicted molar refractivity (Wildman–Crippen MR) is 48.6 cm³/mol. The Kier molecular flexibility index (Phi) is 3.09. The summed E-state index contributed by atoms with van der Waals surface area (Å²) in [7, 11) is 0. The van der Waals surface area contributed by atoms with Crippen LogP contribution in [0.3, 0.4) is 0 Å². The fourth-order valence-corrected chi connectivity index (χ4v) is 1.62. The summed E-state index contributed by atoms with van der Waals surface area (Å²) in [5, 5.41) is 0. The van der Waals surface area contributed by atoms with Crippen LogP contribution in [0.25, 0.3) is 0 Å². The third kappa shape index (κ3) is 1.97. The second-order valence-electron chi connectivity index (χ2n) is 3.79. The maximum atomic E-state index is 11.2. The Morgan fingerprint density at radius 1 is 1.50 bits per heavy atom. The van der Waals surface area contributed by atoms with Crippen LogP contribution in [0.1, 0.15) is 20.3 Å². The summed E-state index contributed by atoms with van der Waals surface area (Å²) >= 11 is 0. The van der Waals surface area contributed by atoms with Crippen LogP contribution in [0, 0.1) is 11.8 Å². The monoisotopic (exact) mass is 170 g/mol. The second kappa shape index (κ2) is 3.90. The van der Waals surface area contributed by atoms with Gasteiger partial charge in [0.25, 0.3) is 0 Å². The average molecular weight is 170 g/mol. The SMILES string of the molecule is CC1CCN(C(=O)CN)CC1C. The lowest BCUT2D eigenvalue weighted by Crippen LogP contribution is -2.44. The maximum Gasteiger partial charge on any atom is 0.236 e. The van der Waals surface area contributed by atoms with E-state index in [1.165, 1.54) is 0 Å². The van der Waals surface area contributed by atoms with E-state index in [1.807, 2.05) is 4.90 Å². The Hall–Kier alpha value is -0.570. The molecule has 0 spiro atoms. The van der Waals surface area contributed by atoms with Crippen molar-refractivity contribution in [2.45, 2.75) is 20.3 Å². The molecule has 0 bridgehead atoms. The van der Waals surface area contributed by atoms with Crippen molar-refractivity contribution in [3.05, 3.63) is 0 Å². The van der Waals surface area contributed by atoms with Gasteiger partial charge in [0, 0.05) is 13.1 Å². The van der Waals surface area contributed by atoms with E-state index in [1.54, 1.807) is 0 Å². The molecular weight excluding hydrogens is 152 g/mol. The molecule has 0 aromatic heterocycles. The first-order chi connectivity index (χ1) is 5.65. The topological polar surface area (TPSA) is 46.3 Å². The van der Waals surface area contributed by atoms with Crippen molar-refractivity contribution >= 4 is 5.91 Å². The average Bonchev–Trinajstić information content (AvgIpc) is 2.08. The zero-order chi connectivity index (χ0) is 9.14. The predicted octanol–water partition coefficient (Wildman–Crippen LogP) is 0.450. The molecule has 0 aromatic carbocycles. The Balaban J connectivity index is 2.45. The number of nitrogens with zero attached hydrogens (tertiary/aromatic N) is 1. The molecule has 0 saturated carbocycles. The highest BCUT2D eigenvalue weighted by molar-refractivity contribution is 5.78. The standard InChI is InChI=1S/C9H18N2O/c1-7-3-4-11(6-8(7)2)9(12)5-10/h7-8H,3-6,10H2,1-2H3. The van der Waals surface area contributed by atoms with E-state index in [0.29, 0.717) is 5.92 Å². The van der Waals surface area contributed by atoms with E-state index in [0.717, 1.165) is 25.4 Å². The highest BCUT2D eigenvalue weighted by Gasteiger charge is 2.24. The summed E-state index contributed by atoms with van der Waals surface area (Å²) in [5.74, 6) is 1.45. The number of likely N-dealkylation sites (tertiary alicyclic amines) is 1. The highest BCUT2D eigenvalue weighted by atomic mass is 16.2. The molecule has 1 saturated heterocycles. The van der Waals surface area contributed by atoms with Crippen molar-refractivity contribution in [3.8, 4) is 0 Å². The molecule has 3 nitrogen and oxygen atoms in total. The van der Waals surface area contributed by atoms with Crippen LogP contribution in [0.4, 0.5) is 0 Å². The molecule has 0 aliphatic carbocycles. The summed E-state index contributed by atoms with van der Waals surface area (Å²) in [6, 6.07) is 0. The molecule has 0 radical (unpaired) electrons. The number of carbonyl (C=O) groups excluding carboxylic acids is 1. The minimum Gasteiger partial charge on any atom is -0.341 e. The Bertz CT molecular complexity index is 170. The molecule has 1 fully saturated rings. The molecule has 70 valence electrons. The van der Waals surface area contributed by atoms with Crippen molar-refractivity contribution in [1.29, 1.82) is 0 Å². The summed E-state index contributed by atoms with van der Waals surface area (Å²) in [5.41, 5.74) is 5.29. The highest BCUT2D eigenvalue weighted by Crippen LogP contribution is 2.21. The number of rotatable bonds is 1. The first kappa shape index (κ1) is 9.52. The van der Waals surface area contributed by atoms with Gasteiger partial charge in [0.2, 0.25) is 5.91 Å². The normalized spacial score (nSPS) is 30.4. The van der Waals surface area contributed by atoms with Gasteiger partial charge in [-0.15, -0.1) is 0 Å². The van der Waals surface area contributed by atoms with Gasteiger partial charge in [0.05, 0.1) is 6.54 Å². The van der Waals surface area contributed by atoms with Gasteiger partial charge >= 0.3 is 0 Å². The van der Waals surface area contributed by atoms with Crippen molar-refractivity contribution in [2.75, 3.05) is 19.6 Å². The number of hydrogen-bond donors (Lipinski definition) is 1. The Labute approximate surface area is 73.9 Å². The van der Waals surface area contributed by atoms with Crippen molar-refractivity contribution < 1.29 is 4.79 Å². The van der Waals surface area contributed by atoms with Gasteiger partial charge in [-0.1, -0.05) is 13.8 Å². The van der Waals surface area contributed by atoms with E-state index >= 15 is 0 Å². The lowest BCUT2D eigenvalue weighted by Gasteiger charge is -2.35. The molecule has 2 unspecified atom stereocenters. The van der Waals surface area contributed by atoms with Crippen LogP contribution >= 0.6 is 0 Å². The molecular formula is C9H18N2O. The fraction of sp³-hybridized carbons (Fsp3) is 0.889. The van der Waals surface area contributed by atoms with E-state index in [4.69, 9.17) is 5.73 Å². The molecule has 2 N–H and O–H groups in total. The van der Waals surface area contributed by atoms with E-state index < -0.39 is 0 Å². The maximum absolute atomic E-state index is 11.2. The smallest absolute Gasteiger partial charge is 0.236 e. The van der Waals surface area contributed by atoms with Gasteiger partial charge in [-0.25, -0.2) is 0 Å². The number of amides is 1. The number of nitrogens with two attached hydrogens (primary N) is 1. The lowest BCUT2D eigenvalue weighted by molar-refractivity contribution is -0.132. The van der Waals surface area contributed by atoms with Gasteiger partial charge in [0.1, 0.15) is 0 Å². The van der Waals surface area contributed by atoms with Gasteiger partial charge in [-0.05, 0) is 18.3 Å². The van der Waals surface area contributed by atoms with Crippen LogP contribution in [-0.2, 0) is 4.79 Å². The number of carbonyl (C=O) groups is 1. The van der Waals surface area contributed by atoms with Crippen LogP contribution in [0.5, 0.6) is 0 Å². The summed E-state index contributed by atoms with van der Waals surface area (Å²) in [4.78, 5) is 13.1. The van der Waals surface area contributed by atoms with Gasteiger partial charge in [0.15, 0.2) is 0 Å². The number of piperidine rings is 1. The molecule has 12 heavy (non-hydrogen) atoms. The van der Waals surface area contributed by atoms with E-state index in [-0.39, 0.29) is 12.5 Å². The van der Waals surface area contributed by atoms with Crippen LogP contribution in [-0.4, -0.2) is 30.4 Å². The fourth-order valence-electron chi connectivity index (χ4n) is 1.62. The zero-order valence-electron chi connectivity index (χ0n) is 7.92. The van der Waals surface area contributed by atoms with Crippen molar-refractivity contribution in [3.63, 3.8) is 0 Å². The van der Waals surface area contributed by atoms with Crippen molar-refractivity contribution in [1.82, 2.24) is 4.90 Å². The van der Waals surface area contributed by atoms with Crippen LogP contribution in [0.15, 0.2) is 0 Å². The third-order valence-corrected chi connectivity index (χ3v) is 2.86. The van der Waals surface area contributed by atoms with Gasteiger partial charge in [-0.2, -0.15) is 0 Å². The largest absolute Gasteiger partial charge is 0.341 e. The Morgan fingerprint density at radius 3 is 2.67 bits per heavy atom. The summed E-state index contributed by atoms with van der Waals surface area (Å²) in [6.07, 6.45) is 1.12. The number of hydrogen-bond acceptors (Lipinski definition) is 2. The molecule has 2 atom stereocenters. The quantitative estimate of drug-likeness (QED) is 0.621. The first-order valence-electron chi connectivity index (χ1n) is 4.63. The minimum atomic E-state index is 0.0914. The molecule has 1 rings (SSSR count). The van der Waals surface area contributed by atoms with E-state index in [2.05, 4.69) is 13.8 Å². The molecule has 1 aliphatic heterocycles. The van der Waals surface area contributed by atoms with Crippen molar-refractivity contribution in [2.24, 2.45) is 17.6 Å². The van der Waals surface area contributed by atoms with Crippen LogP contribution < -0.4 is 5.73 Å². The minimum absolute atomic E-state index is 0.0914. The van der Waals surface area contributed by atoms with Gasteiger partial charge < -0.3 is 10.6 Å². The van der Waals surface area contributed by atoms with E-state index in [9.17, 15) is 4.79 Å². The first-order valence-corrected chi connectivity index (χ1v) is 4.63. The second-order valence-corrected chi connectivity index (χ2v) is 3.79. The molecule has 3 heteroatoms. The summed E-state index contributed by atoms with van der Waals surface area (Å²) in [6.45, 7) is 6.37. The summed E-state index contributed by atoms with van der Waals surface area (Å²) < 4.78 is 0.